The van der Waals surface area contributed by atoms with Crippen LogP contribution in [0, 0.1) is 0 Å². The molecule has 0 aromatic heterocycles. The van der Waals surface area contributed by atoms with Crippen molar-refractivity contribution >= 4 is 44.5 Å². The summed E-state index contributed by atoms with van der Waals surface area (Å²) in [6.07, 6.45) is 5.88. The van der Waals surface area contributed by atoms with E-state index in [1.807, 2.05) is 0 Å². The molecule has 0 N–H and O–H groups in total. The normalized spacial score (nSPS) is 14.8. The van der Waals surface area contributed by atoms with Gasteiger partial charge in [0, 0.05) is 10.8 Å². The van der Waals surface area contributed by atoms with Crippen molar-refractivity contribution in [1.82, 2.24) is 0 Å². The lowest BCUT2D eigenvalue weighted by Crippen LogP contribution is -2.27. The fourth-order valence-corrected chi connectivity index (χ4v) is 12.1. The smallest absolute Gasteiger partial charge is 0.0159 e. The van der Waals surface area contributed by atoms with Gasteiger partial charge in [-0.15, -0.1) is 0 Å². The van der Waals surface area contributed by atoms with E-state index in [4.69, 9.17) is 0 Å². The Hall–Kier alpha value is -7.28. The van der Waals surface area contributed by atoms with E-state index in [9.17, 15) is 0 Å². The molecule has 63 heavy (non-hydrogen) atoms. The van der Waals surface area contributed by atoms with Crippen LogP contribution in [-0.4, -0.2) is 0 Å². The molecule has 0 saturated carbocycles. The molecule has 0 heteroatoms. The Morgan fingerprint density at radius 1 is 0.286 bits per heavy atom. The Kier molecular flexibility index (Phi) is 7.57. The largest absolute Gasteiger partial charge is 0.0722 e. The highest BCUT2D eigenvalue weighted by atomic mass is 14.4. The summed E-state index contributed by atoms with van der Waals surface area (Å²) in [4.78, 5) is 0. The highest BCUT2D eigenvalue weighted by Gasteiger charge is 2.37. The van der Waals surface area contributed by atoms with Crippen LogP contribution in [0.3, 0.4) is 0 Å². The van der Waals surface area contributed by atoms with Crippen LogP contribution in [0.4, 0.5) is 0 Å². The molecule has 10 aromatic carbocycles. The van der Waals surface area contributed by atoms with Crippen molar-refractivity contribution in [1.29, 1.82) is 0 Å². The zero-order chi connectivity index (χ0) is 42.2. The molecule has 0 fully saturated rings. The molecule has 0 nitrogen and oxygen atoms in total. The fourth-order valence-electron chi connectivity index (χ4n) is 12.1. The average molecular weight is 803 g/mol. The summed E-state index contributed by atoms with van der Waals surface area (Å²) in [5.41, 5.74) is 21.2. The fraction of sp³-hybridized carbons (Fsp3) is 0.111. The van der Waals surface area contributed by atoms with Gasteiger partial charge in [0.05, 0.1) is 0 Å². The summed E-state index contributed by atoms with van der Waals surface area (Å²) in [6, 6.07) is 69.0. The van der Waals surface area contributed by atoms with Crippen molar-refractivity contribution < 1.29 is 0 Å². The molecular formula is C63H46. The van der Waals surface area contributed by atoms with Gasteiger partial charge in [0.25, 0.3) is 0 Å². The molecule has 0 atom stereocenters. The molecule has 10 aromatic rings. The van der Waals surface area contributed by atoms with Crippen LogP contribution in [0.5, 0.6) is 0 Å². The second-order valence-electron chi connectivity index (χ2n) is 19.1. The second-order valence-corrected chi connectivity index (χ2v) is 19.1. The molecule has 0 heterocycles. The van der Waals surface area contributed by atoms with E-state index in [1.54, 1.807) is 0 Å². The predicted molar refractivity (Wildman–Crippen MR) is 269 cm³/mol. The number of hydrogen-bond acceptors (Lipinski definition) is 0. The van der Waals surface area contributed by atoms with Gasteiger partial charge >= 0.3 is 0 Å². The number of hydrogen-bond donors (Lipinski definition) is 0. The first-order valence-corrected chi connectivity index (χ1v) is 22.6. The first-order valence-electron chi connectivity index (χ1n) is 22.6. The number of benzene rings is 10. The minimum atomic E-state index is -0.102. The molecular weight excluding hydrogens is 757 g/mol. The van der Waals surface area contributed by atoms with Crippen LogP contribution >= 0.6 is 0 Å². The maximum Gasteiger partial charge on any atom is 0.0159 e. The summed E-state index contributed by atoms with van der Waals surface area (Å²) in [6.45, 7) is 9.58. The Morgan fingerprint density at radius 2 is 0.667 bits per heavy atom. The van der Waals surface area contributed by atoms with E-state index in [1.165, 1.54) is 132 Å². The van der Waals surface area contributed by atoms with Gasteiger partial charge in [-0.1, -0.05) is 204 Å². The topological polar surface area (TPSA) is 0 Å². The van der Waals surface area contributed by atoms with Crippen LogP contribution in [0.2, 0.25) is 0 Å². The van der Waals surface area contributed by atoms with Crippen molar-refractivity contribution in [3.05, 3.63) is 215 Å². The second kappa shape index (κ2) is 13.1. The first-order chi connectivity index (χ1) is 30.8. The van der Waals surface area contributed by atoms with Gasteiger partial charge in [0.15, 0.2) is 0 Å². The molecule has 0 aliphatic heterocycles. The average Bonchev–Trinajstić information content (AvgIpc) is 3.96. The summed E-state index contributed by atoms with van der Waals surface area (Å²) in [5.74, 6) is 0. The van der Waals surface area contributed by atoms with Crippen LogP contribution in [0.25, 0.3) is 111 Å². The van der Waals surface area contributed by atoms with Crippen LogP contribution < -0.4 is 10.4 Å². The molecule has 298 valence electrons. The monoisotopic (exact) mass is 802 g/mol. The van der Waals surface area contributed by atoms with Gasteiger partial charge in [0.1, 0.15) is 0 Å². The zero-order valence-electron chi connectivity index (χ0n) is 36.2. The van der Waals surface area contributed by atoms with Crippen molar-refractivity contribution in [3.8, 4) is 66.8 Å². The quantitative estimate of drug-likeness (QED) is 0.156. The lowest BCUT2D eigenvalue weighted by atomic mass is 9.79. The van der Waals surface area contributed by atoms with Crippen LogP contribution in [0.15, 0.2) is 182 Å². The van der Waals surface area contributed by atoms with Crippen molar-refractivity contribution in [2.75, 3.05) is 0 Å². The molecule has 0 saturated heterocycles. The predicted octanol–water partition coefficient (Wildman–Crippen LogP) is 15.4. The Balaban J connectivity index is 1.12. The van der Waals surface area contributed by atoms with Gasteiger partial charge in [0.2, 0.25) is 0 Å². The molecule has 0 amide bonds. The van der Waals surface area contributed by atoms with E-state index in [0.717, 1.165) is 6.42 Å². The van der Waals surface area contributed by atoms with Crippen molar-refractivity contribution in [3.63, 3.8) is 0 Å². The van der Waals surface area contributed by atoms with Crippen LogP contribution in [0.1, 0.15) is 56.4 Å². The highest BCUT2D eigenvalue weighted by molar-refractivity contribution is 6.22. The van der Waals surface area contributed by atoms with E-state index in [-0.39, 0.29) is 10.8 Å². The molecule has 3 aliphatic carbocycles. The zero-order valence-corrected chi connectivity index (χ0v) is 36.2. The van der Waals surface area contributed by atoms with Crippen LogP contribution in [-0.2, 0) is 10.8 Å². The summed E-state index contributed by atoms with van der Waals surface area (Å²) >= 11 is 0. The molecule has 3 aliphatic rings. The van der Waals surface area contributed by atoms with Gasteiger partial charge in [-0.2, -0.15) is 0 Å². The molecule has 0 unspecified atom stereocenters. The summed E-state index contributed by atoms with van der Waals surface area (Å²) in [7, 11) is 0. The Morgan fingerprint density at radius 3 is 1.19 bits per heavy atom. The molecule has 13 rings (SSSR count). The minimum Gasteiger partial charge on any atom is -0.0722 e. The van der Waals surface area contributed by atoms with E-state index in [0.29, 0.717) is 0 Å². The van der Waals surface area contributed by atoms with Gasteiger partial charge in [-0.05, 0) is 156 Å². The third-order valence-electron chi connectivity index (χ3n) is 15.1. The summed E-state index contributed by atoms with van der Waals surface area (Å²) < 4.78 is 0. The van der Waals surface area contributed by atoms with Gasteiger partial charge in [-0.3, -0.25) is 0 Å². The van der Waals surface area contributed by atoms with Crippen molar-refractivity contribution in [2.24, 2.45) is 0 Å². The lowest BCUT2D eigenvalue weighted by molar-refractivity contribution is 0.660. The first kappa shape index (κ1) is 36.4. The van der Waals surface area contributed by atoms with E-state index >= 15 is 0 Å². The Labute approximate surface area is 369 Å². The Bertz CT molecular complexity index is 3690. The number of rotatable bonds is 4. The standard InChI is InChI=1S/C63H46/c1-62(2)54-27-14-12-19-42(54)44-32-29-40(36-56(44)62)60-50-25-16-26-51(50)61(41-30-33-45-43-20-13-15-28-55(43)63(3,4)57(45)37-41)53-35-39(31-34-52(53)60)59-48-23-10-8-21-46(48)58(38-17-6-5-7-18-38)47-22-9-11-24-49(47)59/h5-15,17-37H,16H2,1-4H3. The molecule has 0 spiro atoms. The third kappa shape index (κ3) is 5.04. The summed E-state index contributed by atoms with van der Waals surface area (Å²) in [5, 5.41) is 10.4. The van der Waals surface area contributed by atoms with Gasteiger partial charge < -0.3 is 0 Å². The SMILES string of the molecule is CC1(C)c2ccccc2-c2ccc(-c3c4c(c(-c5ccc6c(c5)C(C)(C)c5ccccc5-6)c5cc(-c6c7ccccc7c(-c7ccccc7)c7ccccc67)ccc35)=CCC=4)cc21. The maximum atomic E-state index is 2.54. The lowest BCUT2D eigenvalue weighted by Gasteiger charge is -2.23. The van der Waals surface area contributed by atoms with Gasteiger partial charge in [-0.25, -0.2) is 0 Å². The van der Waals surface area contributed by atoms with E-state index in [2.05, 4.69) is 222 Å². The minimum absolute atomic E-state index is 0.0906. The number of fused-ring (bicyclic) bond motifs is 10. The highest BCUT2D eigenvalue weighted by Crippen LogP contribution is 2.52. The molecule has 0 bridgehead atoms. The molecule has 0 radical (unpaired) electrons. The third-order valence-corrected chi connectivity index (χ3v) is 15.1. The van der Waals surface area contributed by atoms with E-state index < -0.39 is 0 Å². The maximum absolute atomic E-state index is 2.54. The van der Waals surface area contributed by atoms with Crippen molar-refractivity contribution in [2.45, 2.75) is 44.9 Å².